The van der Waals surface area contributed by atoms with Gasteiger partial charge in [-0.05, 0) is 29.7 Å². The van der Waals surface area contributed by atoms with Gasteiger partial charge in [-0.2, -0.15) is 0 Å². The third-order valence-electron chi connectivity index (χ3n) is 6.02. The number of halogens is 1. The summed E-state index contributed by atoms with van der Waals surface area (Å²) in [7, 11) is 0. The first-order valence-electron chi connectivity index (χ1n) is 12.0. The van der Waals surface area contributed by atoms with Gasteiger partial charge in [-0.15, -0.1) is 0 Å². The Balaban J connectivity index is 0.00000363. The quantitative estimate of drug-likeness (QED) is 0.285. The highest BCUT2D eigenvalue weighted by Gasteiger charge is 2.16. The lowest BCUT2D eigenvalue weighted by Gasteiger charge is -2.19. The maximum atomic E-state index is 13.2. The van der Waals surface area contributed by atoms with Crippen LogP contribution in [0.4, 0.5) is 0 Å². The van der Waals surface area contributed by atoms with E-state index in [2.05, 4.69) is 53.5 Å². The molecule has 0 saturated carbocycles. The van der Waals surface area contributed by atoms with Gasteiger partial charge in [0.05, 0.1) is 0 Å². The van der Waals surface area contributed by atoms with Crippen molar-refractivity contribution in [2.24, 2.45) is 0 Å². The number of benzene rings is 2. The summed E-state index contributed by atoms with van der Waals surface area (Å²) >= 11 is 0. The van der Waals surface area contributed by atoms with Crippen LogP contribution in [-0.2, 0) is 6.54 Å². The third-order valence-corrected chi connectivity index (χ3v) is 6.02. The lowest BCUT2D eigenvalue weighted by molar-refractivity contribution is -0.697. The number of nitrogens with one attached hydrogen (secondary N) is 1. The molecule has 32 heavy (non-hydrogen) atoms. The number of amides is 1. The number of aryl methyl sites for hydroxylation is 1. The van der Waals surface area contributed by atoms with E-state index in [1.54, 1.807) is 0 Å². The van der Waals surface area contributed by atoms with Crippen LogP contribution in [0.15, 0.2) is 73.1 Å². The minimum Gasteiger partial charge on any atom is -1.00 e. The molecule has 0 aliphatic carbocycles. The van der Waals surface area contributed by atoms with Crippen LogP contribution in [0.1, 0.15) is 75.1 Å². The molecule has 0 saturated heterocycles. The summed E-state index contributed by atoms with van der Waals surface area (Å²) in [6.07, 6.45) is 15.0. The van der Waals surface area contributed by atoms with Gasteiger partial charge in [0.15, 0.2) is 12.4 Å². The first kappa shape index (κ1) is 26.1. The molecule has 0 radical (unpaired) electrons. The second kappa shape index (κ2) is 14.8. The number of pyridine rings is 1. The van der Waals surface area contributed by atoms with Crippen LogP contribution in [0.2, 0.25) is 0 Å². The highest BCUT2D eigenvalue weighted by Crippen LogP contribution is 2.19. The van der Waals surface area contributed by atoms with E-state index >= 15 is 0 Å². The second-order valence-electron chi connectivity index (χ2n) is 8.51. The molecule has 3 rings (SSSR count). The van der Waals surface area contributed by atoms with E-state index in [0.717, 1.165) is 42.1 Å². The van der Waals surface area contributed by atoms with Crippen molar-refractivity contribution in [3.8, 4) is 0 Å². The van der Waals surface area contributed by atoms with E-state index < -0.39 is 0 Å². The van der Waals surface area contributed by atoms with Crippen molar-refractivity contribution in [2.75, 3.05) is 0 Å². The number of nitrogens with zero attached hydrogens (tertiary/aromatic N) is 1. The zero-order valence-corrected chi connectivity index (χ0v) is 20.9. The molecule has 0 aliphatic rings. The van der Waals surface area contributed by atoms with Crippen molar-refractivity contribution < 1.29 is 26.3 Å². The van der Waals surface area contributed by atoms with Crippen LogP contribution < -0.4 is 26.9 Å². The lowest BCUT2D eigenvalue weighted by Crippen LogP contribution is -3.00. The largest absolute Gasteiger partial charge is 1.00 e. The molecular weight excluding hydrogens is 460 g/mol. The molecular formula is C28H37BrN2O. The molecule has 1 amide bonds. The normalized spacial score (nSPS) is 11.7. The van der Waals surface area contributed by atoms with Crippen LogP contribution in [-0.4, -0.2) is 11.9 Å². The summed E-state index contributed by atoms with van der Waals surface area (Å²) in [5.41, 5.74) is 0.781. The Morgan fingerprint density at radius 1 is 0.812 bits per heavy atom. The van der Waals surface area contributed by atoms with E-state index in [0.29, 0.717) is 0 Å². The monoisotopic (exact) mass is 496 g/mol. The van der Waals surface area contributed by atoms with Crippen molar-refractivity contribution >= 4 is 16.7 Å². The Morgan fingerprint density at radius 3 is 2.31 bits per heavy atom. The number of aromatic nitrogens is 1. The second-order valence-corrected chi connectivity index (χ2v) is 8.51. The molecule has 1 unspecified atom stereocenters. The number of rotatable bonds is 13. The maximum Gasteiger partial charge on any atom is 0.252 e. The summed E-state index contributed by atoms with van der Waals surface area (Å²) in [6, 6.07) is 20.5. The molecule has 1 atom stereocenters. The summed E-state index contributed by atoms with van der Waals surface area (Å²) in [5.74, 6) is 0.0557. The van der Waals surface area contributed by atoms with Gasteiger partial charge < -0.3 is 22.3 Å². The highest BCUT2D eigenvalue weighted by atomic mass is 79.9. The average molecular weight is 498 g/mol. The summed E-state index contributed by atoms with van der Waals surface area (Å²) in [5, 5.41) is 5.51. The Morgan fingerprint density at radius 2 is 1.50 bits per heavy atom. The number of carbonyl (C=O) groups is 1. The van der Waals surface area contributed by atoms with Gasteiger partial charge >= 0.3 is 0 Å². The molecule has 3 aromatic rings. The lowest BCUT2D eigenvalue weighted by atomic mass is 10.00. The molecule has 1 aromatic heterocycles. The predicted molar refractivity (Wildman–Crippen MR) is 129 cm³/mol. The van der Waals surface area contributed by atoms with Crippen molar-refractivity contribution in [1.82, 2.24) is 5.32 Å². The Hall–Kier alpha value is -2.20. The molecule has 4 heteroatoms. The smallest absolute Gasteiger partial charge is 0.252 e. The van der Waals surface area contributed by atoms with E-state index in [-0.39, 0.29) is 28.9 Å². The van der Waals surface area contributed by atoms with Crippen molar-refractivity contribution in [1.29, 1.82) is 0 Å². The van der Waals surface area contributed by atoms with Crippen LogP contribution in [0.5, 0.6) is 0 Å². The van der Waals surface area contributed by atoms with Gasteiger partial charge in [0.25, 0.3) is 5.91 Å². The molecule has 0 aliphatic heterocycles. The average Bonchev–Trinajstić information content (AvgIpc) is 2.81. The van der Waals surface area contributed by atoms with Crippen molar-refractivity contribution in [2.45, 2.75) is 77.3 Å². The Kier molecular flexibility index (Phi) is 12.0. The number of hydrogen-bond donors (Lipinski definition) is 1. The minimum atomic E-state index is 0. The van der Waals surface area contributed by atoms with Gasteiger partial charge in [0, 0.05) is 30.2 Å². The Labute approximate surface area is 204 Å². The predicted octanol–water partition coefficient (Wildman–Crippen LogP) is 3.46. The Bertz CT molecular complexity index is 924. The zero-order chi connectivity index (χ0) is 21.7. The van der Waals surface area contributed by atoms with Crippen molar-refractivity contribution in [3.05, 3.63) is 78.6 Å². The molecule has 3 nitrogen and oxygen atoms in total. The van der Waals surface area contributed by atoms with Gasteiger partial charge in [0.2, 0.25) is 0 Å². The van der Waals surface area contributed by atoms with Gasteiger partial charge in [-0.3, -0.25) is 4.79 Å². The molecule has 2 aromatic carbocycles. The van der Waals surface area contributed by atoms with Crippen molar-refractivity contribution in [3.63, 3.8) is 0 Å². The zero-order valence-electron chi connectivity index (χ0n) is 19.3. The van der Waals surface area contributed by atoms with Gasteiger partial charge in [-0.25, -0.2) is 4.57 Å². The van der Waals surface area contributed by atoms with Crippen LogP contribution in [0.25, 0.3) is 10.8 Å². The topological polar surface area (TPSA) is 33.0 Å². The third kappa shape index (κ3) is 8.38. The fourth-order valence-electron chi connectivity index (χ4n) is 4.25. The molecule has 172 valence electrons. The van der Waals surface area contributed by atoms with Crippen LogP contribution in [0.3, 0.4) is 0 Å². The SMILES string of the molecule is CCCCCCCCC(CCC[n+]1ccccc1)NC(=O)c1cccc2ccccc12.[Br-]. The summed E-state index contributed by atoms with van der Waals surface area (Å²) in [6.45, 7) is 3.24. The minimum absolute atomic E-state index is 0. The van der Waals surface area contributed by atoms with E-state index in [1.165, 1.54) is 38.5 Å². The first-order valence-corrected chi connectivity index (χ1v) is 12.0. The van der Waals surface area contributed by atoms with E-state index in [9.17, 15) is 4.79 Å². The number of fused-ring (bicyclic) bond motifs is 1. The summed E-state index contributed by atoms with van der Waals surface area (Å²) < 4.78 is 2.22. The van der Waals surface area contributed by atoms with Crippen LogP contribution in [0, 0.1) is 0 Å². The van der Waals surface area contributed by atoms with Gasteiger partial charge in [0.1, 0.15) is 6.54 Å². The molecule has 0 fully saturated rings. The number of hydrogen-bond acceptors (Lipinski definition) is 1. The first-order chi connectivity index (χ1) is 15.3. The molecule has 1 heterocycles. The van der Waals surface area contributed by atoms with E-state index in [1.807, 2.05) is 36.4 Å². The molecule has 0 spiro atoms. The highest BCUT2D eigenvalue weighted by molar-refractivity contribution is 6.07. The number of carbonyl (C=O) groups excluding carboxylic acids is 1. The van der Waals surface area contributed by atoms with Crippen LogP contribution >= 0.6 is 0 Å². The molecule has 0 bridgehead atoms. The standard InChI is InChI=1S/C28H36N2O.BrH/c1-2-3-4-5-6-8-17-25(18-14-23-30-21-11-7-12-22-30)29-28(31)27-20-13-16-24-15-9-10-19-26(24)27;/h7,9-13,15-16,19-22,25H,2-6,8,14,17-18,23H2,1H3;1H. The molecule has 1 N–H and O–H groups in total. The summed E-state index contributed by atoms with van der Waals surface area (Å²) in [4.78, 5) is 13.2. The van der Waals surface area contributed by atoms with Gasteiger partial charge in [-0.1, -0.05) is 87.9 Å². The van der Waals surface area contributed by atoms with E-state index in [4.69, 9.17) is 0 Å². The fourth-order valence-corrected chi connectivity index (χ4v) is 4.25. The number of unbranched alkanes of at least 4 members (excludes halogenated alkanes) is 5. The fraction of sp³-hybridized carbons (Fsp3) is 0.429. The maximum absolute atomic E-state index is 13.2.